The summed E-state index contributed by atoms with van der Waals surface area (Å²) in [4.78, 5) is 6.18. The first-order chi connectivity index (χ1) is 8.74. The molecule has 4 heteroatoms. The second-order valence-corrected chi connectivity index (χ2v) is 7.10. The Kier molecular flexibility index (Phi) is 2.41. The topological polar surface area (TPSA) is 38.9 Å². The zero-order valence-electron chi connectivity index (χ0n) is 9.82. The Balaban J connectivity index is 1.78. The standard InChI is InChI=1S/C14H13BrN2S/c15-10-3-1-2-8-9(10)6-11-13(8)17-14(18-11)12(16)7-4-5-7/h1-3,7,12H,4-6,16H2. The molecule has 92 valence electrons. The van der Waals surface area contributed by atoms with Gasteiger partial charge in [-0.2, -0.15) is 0 Å². The van der Waals surface area contributed by atoms with Crippen LogP contribution in [0, 0.1) is 5.92 Å². The lowest BCUT2D eigenvalue weighted by Crippen LogP contribution is -2.11. The lowest BCUT2D eigenvalue weighted by atomic mass is 10.1. The van der Waals surface area contributed by atoms with E-state index in [9.17, 15) is 0 Å². The van der Waals surface area contributed by atoms with E-state index in [2.05, 4.69) is 34.1 Å². The predicted molar refractivity (Wildman–Crippen MR) is 77.7 cm³/mol. The molecule has 2 aliphatic rings. The zero-order chi connectivity index (χ0) is 12.3. The van der Waals surface area contributed by atoms with E-state index in [4.69, 9.17) is 10.7 Å². The summed E-state index contributed by atoms with van der Waals surface area (Å²) in [6, 6.07) is 6.51. The van der Waals surface area contributed by atoms with Crippen molar-refractivity contribution < 1.29 is 0 Å². The van der Waals surface area contributed by atoms with Gasteiger partial charge in [0.25, 0.3) is 0 Å². The lowest BCUT2D eigenvalue weighted by Gasteiger charge is -2.06. The molecule has 4 rings (SSSR count). The highest BCUT2D eigenvalue weighted by atomic mass is 79.9. The highest BCUT2D eigenvalue weighted by Gasteiger charge is 2.33. The van der Waals surface area contributed by atoms with E-state index < -0.39 is 0 Å². The van der Waals surface area contributed by atoms with E-state index in [0.717, 1.165) is 11.4 Å². The van der Waals surface area contributed by atoms with Crippen LogP contribution in [0.4, 0.5) is 0 Å². The van der Waals surface area contributed by atoms with Gasteiger partial charge < -0.3 is 5.73 Å². The number of hydrogen-bond acceptors (Lipinski definition) is 3. The summed E-state index contributed by atoms with van der Waals surface area (Å²) < 4.78 is 1.19. The molecule has 1 fully saturated rings. The Morgan fingerprint density at radius 2 is 2.22 bits per heavy atom. The fraction of sp³-hybridized carbons (Fsp3) is 0.357. The van der Waals surface area contributed by atoms with Crippen molar-refractivity contribution in [1.29, 1.82) is 0 Å². The Labute approximate surface area is 118 Å². The van der Waals surface area contributed by atoms with Crippen LogP contribution in [0.3, 0.4) is 0 Å². The number of nitrogens with two attached hydrogens (primary N) is 1. The number of rotatable bonds is 2. The molecule has 1 aromatic heterocycles. The quantitative estimate of drug-likeness (QED) is 0.778. The minimum absolute atomic E-state index is 0.163. The predicted octanol–water partition coefficient (Wildman–Crippen LogP) is 3.89. The SMILES string of the molecule is NC(c1nc2c(s1)Cc1c(Br)cccc1-2)C1CC1. The van der Waals surface area contributed by atoms with Crippen molar-refractivity contribution in [2.75, 3.05) is 0 Å². The largest absolute Gasteiger partial charge is 0.322 e. The Hall–Kier alpha value is -0.710. The summed E-state index contributed by atoms with van der Waals surface area (Å²) in [6.45, 7) is 0. The number of thiazole rings is 1. The summed E-state index contributed by atoms with van der Waals surface area (Å²) in [5.41, 5.74) is 10.1. The number of fused-ring (bicyclic) bond motifs is 3. The monoisotopic (exact) mass is 320 g/mol. The molecule has 1 saturated carbocycles. The third-order valence-corrected chi connectivity index (χ3v) is 5.74. The first-order valence-corrected chi connectivity index (χ1v) is 7.88. The summed E-state index contributed by atoms with van der Waals surface area (Å²) in [6.07, 6.45) is 3.54. The van der Waals surface area contributed by atoms with Gasteiger partial charge in [0.15, 0.2) is 0 Å². The van der Waals surface area contributed by atoms with Gasteiger partial charge in [0.2, 0.25) is 0 Å². The number of halogens is 1. The number of aromatic nitrogens is 1. The average molecular weight is 321 g/mol. The highest BCUT2D eigenvalue weighted by Crippen LogP contribution is 2.46. The van der Waals surface area contributed by atoms with Crippen molar-refractivity contribution in [3.05, 3.63) is 38.1 Å². The first kappa shape index (κ1) is 11.1. The number of nitrogens with zero attached hydrogens (tertiary/aromatic N) is 1. The maximum atomic E-state index is 6.25. The molecule has 1 heterocycles. The van der Waals surface area contributed by atoms with Crippen LogP contribution in [0.1, 0.15) is 34.3 Å². The van der Waals surface area contributed by atoms with Gasteiger partial charge in [-0.05, 0) is 30.4 Å². The van der Waals surface area contributed by atoms with Gasteiger partial charge in [-0.25, -0.2) is 4.98 Å². The maximum absolute atomic E-state index is 6.25. The van der Waals surface area contributed by atoms with E-state index in [1.807, 2.05) is 0 Å². The van der Waals surface area contributed by atoms with Gasteiger partial charge in [-0.3, -0.25) is 0 Å². The van der Waals surface area contributed by atoms with E-state index in [-0.39, 0.29) is 6.04 Å². The Bertz CT molecular complexity index is 631. The van der Waals surface area contributed by atoms with Crippen molar-refractivity contribution in [2.24, 2.45) is 11.7 Å². The molecule has 0 spiro atoms. The molecule has 1 unspecified atom stereocenters. The molecule has 2 N–H and O–H groups in total. The highest BCUT2D eigenvalue weighted by molar-refractivity contribution is 9.10. The molecular formula is C14H13BrN2S. The van der Waals surface area contributed by atoms with Gasteiger partial charge in [-0.15, -0.1) is 11.3 Å². The van der Waals surface area contributed by atoms with Crippen molar-refractivity contribution in [3.63, 3.8) is 0 Å². The molecule has 0 bridgehead atoms. The van der Waals surface area contributed by atoms with Gasteiger partial charge in [-0.1, -0.05) is 28.1 Å². The number of hydrogen-bond donors (Lipinski definition) is 1. The van der Waals surface area contributed by atoms with Crippen molar-refractivity contribution in [3.8, 4) is 11.3 Å². The zero-order valence-corrected chi connectivity index (χ0v) is 12.2. The summed E-state index contributed by atoms with van der Waals surface area (Å²) in [5, 5.41) is 1.13. The van der Waals surface area contributed by atoms with Crippen LogP contribution >= 0.6 is 27.3 Å². The Morgan fingerprint density at radius 3 is 3.00 bits per heavy atom. The molecule has 0 amide bonds. The molecule has 0 radical (unpaired) electrons. The molecular weight excluding hydrogens is 308 g/mol. The van der Waals surface area contributed by atoms with Crippen molar-refractivity contribution in [1.82, 2.24) is 4.98 Å². The third kappa shape index (κ3) is 1.59. The van der Waals surface area contributed by atoms with E-state index in [1.54, 1.807) is 11.3 Å². The lowest BCUT2D eigenvalue weighted by molar-refractivity contribution is 0.629. The minimum Gasteiger partial charge on any atom is -0.322 e. The van der Waals surface area contributed by atoms with Crippen LogP contribution in [0.25, 0.3) is 11.3 Å². The van der Waals surface area contributed by atoms with Crippen LogP contribution in [0.5, 0.6) is 0 Å². The van der Waals surface area contributed by atoms with Gasteiger partial charge >= 0.3 is 0 Å². The second-order valence-electron chi connectivity index (χ2n) is 5.13. The molecule has 0 saturated heterocycles. The molecule has 0 aliphatic heterocycles. The summed E-state index contributed by atoms with van der Waals surface area (Å²) in [5.74, 6) is 0.679. The first-order valence-electron chi connectivity index (χ1n) is 6.27. The molecule has 18 heavy (non-hydrogen) atoms. The minimum atomic E-state index is 0.163. The van der Waals surface area contributed by atoms with E-state index >= 15 is 0 Å². The van der Waals surface area contributed by atoms with Gasteiger partial charge in [0.05, 0.1) is 11.7 Å². The molecule has 2 aromatic rings. The summed E-state index contributed by atoms with van der Waals surface area (Å²) >= 11 is 5.43. The molecule has 2 nitrogen and oxygen atoms in total. The molecule has 2 aliphatic carbocycles. The normalized spacial score (nSPS) is 18.6. The smallest absolute Gasteiger partial charge is 0.111 e. The van der Waals surface area contributed by atoms with Crippen LogP contribution in [-0.4, -0.2) is 4.98 Å². The van der Waals surface area contributed by atoms with Crippen molar-refractivity contribution in [2.45, 2.75) is 25.3 Å². The van der Waals surface area contributed by atoms with Crippen LogP contribution in [0.15, 0.2) is 22.7 Å². The fourth-order valence-electron chi connectivity index (χ4n) is 2.62. The molecule has 1 aromatic carbocycles. The van der Waals surface area contributed by atoms with Crippen LogP contribution in [0.2, 0.25) is 0 Å². The van der Waals surface area contributed by atoms with E-state index in [0.29, 0.717) is 5.92 Å². The second kappa shape index (κ2) is 3.89. The maximum Gasteiger partial charge on any atom is 0.111 e. The van der Waals surface area contributed by atoms with Gasteiger partial charge in [0.1, 0.15) is 5.01 Å². The van der Waals surface area contributed by atoms with Crippen molar-refractivity contribution >= 4 is 27.3 Å². The Morgan fingerprint density at radius 1 is 1.39 bits per heavy atom. The average Bonchev–Trinajstić information content (AvgIpc) is 3.02. The van der Waals surface area contributed by atoms with E-state index in [1.165, 1.54) is 39.0 Å². The number of benzene rings is 1. The van der Waals surface area contributed by atoms with Gasteiger partial charge in [0, 0.05) is 21.3 Å². The third-order valence-electron chi connectivity index (χ3n) is 3.84. The fourth-order valence-corrected chi connectivity index (χ4v) is 4.31. The van der Waals surface area contributed by atoms with Crippen LogP contribution < -0.4 is 5.73 Å². The summed E-state index contributed by atoms with van der Waals surface area (Å²) in [7, 11) is 0. The molecule has 1 atom stereocenters. The van der Waals surface area contributed by atoms with Crippen LogP contribution in [-0.2, 0) is 6.42 Å².